The van der Waals surface area contributed by atoms with Gasteiger partial charge in [0.05, 0.1) is 12.7 Å². The van der Waals surface area contributed by atoms with Crippen LogP contribution in [0.4, 0.5) is 0 Å². The predicted molar refractivity (Wildman–Crippen MR) is 76.2 cm³/mol. The summed E-state index contributed by atoms with van der Waals surface area (Å²) in [6.07, 6.45) is 0.175. The predicted octanol–water partition coefficient (Wildman–Crippen LogP) is 3.13. The minimum atomic E-state index is 0.175. The Hall–Kier alpha value is -0.570. The molecule has 1 heterocycles. The number of nitrogens with zero attached hydrogens (tertiary/aromatic N) is 1. The molecule has 0 aliphatic carbocycles. The summed E-state index contributed by atoms with van der Waals surface area (Å²) in [6, 6.07) is 7.22. The molecule has 1 fully saturated rings. The number of ether oxygens (including phenoxy) is 1. The van der Waals surface area contributed by atoms with Gasteiger partial charge in [0, 0.05) is 25.0 Å². The van der Waals surface area contributed by atoms with Gasteiger partial charge in [-0.25, -0.2) is 0 Å². The molecule has 2 nitrogen and oxygen atoms in total. The molecular formula is C15H22ClNO. The number of aryl methyl sites for hydroxylation is 2. The average molecular weight is 268 g/mol. The summed E-state index contributed by atoms with van der Waals surface area (Å²) in [5.41, 5.74) is 4.05. The Morgan fingerprint density at radius 1 is 1.28 bits per heavy atom. The topological polar surface area (TPSA) is 12.5 Å². The summed E-state index contributed by atoms with van der Waals surface area (Å²) in [7, 11) is 0. The normalized spacial score (nSPS) is 25.3. The van der Waals surface area contributed by atoms with E-state index < -0.39 is 0 Å². The van der Waals surface area contributed by atoms with Crippen LogP contribution < -0.4 is 0 Å². The molecule has 18 heavy (non-hydrogen) atoms. The molecule has 1 aromatic rings. The maximum atomic E-state index is 5.90. The number of morpholine rings is 1. The molecule has 0 N–H and O–H groups in total. The molecule has 2 unspecified atom stereocenters. The second-order valence-electron chi connectivity index (χ2n) is 5.38. The van der Waals surface area contributed by atoms with Gasteiger partial charge in [-0.05, 0) is 26.3 Å². The lowest BCUT2D eigenvalue weighted by molar-refractivity contribution is -0.0510. The fourth-order valence-electron chi connectivity index (χ4n) is 2.58. The van der Waals surface area contributed by atoms with E-state index in [0.29, 0.717) is 11.9 Å². The zero-order valence-corrected chi connectivity index (χ0v) is 12.2. The van der Waals surface area contributed by atoms with E-state index in [4.69, 9.17) is 16.3 Å². The summed E-state index contributed by atoms with van der Waals surface area (Å²) in [5, 5.41) is 0. The highest BCUT2D eigenvalue weighted by atomic mass is 35.5. The lowest BCUT2D eigenvalue weighted by atomic mass is 10.1. The molecule has 0 radical (unpaired) electrons. The van der Waals surface area contributed by atoms with Gasteiger partial charge in [-0.1, -0.05) is 29.3 Å². The fraction of sp³-hybridized carbons (Fsp3) is 0.600. The summed E-state index contributed by atoms with van der Waals surface area (Å²) in [6.45, 7) is 9.22. The first-order valence-electron chi connectivity index (χ1n) is 6.57. The number of halogens is 1. The summed E-state index contributed by atoms with van der Waals surface area (Å²) in [5.74, 6) is 0.579. The fourth-order valence-corrected chi connectivity index (χ4v) is 2.77. The van der Waals surface area contributed by atoms with Crippen molar-refractivity contribution in [3.8, 4) is 0 Å². The van der Waals surface area contributed by atoms with Crippen molar-refractivity contribution in [3.05, 3.63) is 34.9 Å². The number of hydrogen-bond donors (Lipinski definition) is 0. The maximum Gasteiger partial charge on any atom is 0.0838 e. The number of rotatable bonds is 3. The van der Waals surface area contributed by atoms with Crippen molar-refractivity contribution in [1.29, 1.82) is 0 Å². The first kappa shape index (κ1) is 13.9. The molecule has 2 atom stereocenters. The summed E-state index contributed by atoms with van der Waals surface area (Å²) in [4.78, 5) is 2.46. The third-order valence-electron chi connectivity index (χ3n) is 3.47. The highest BCUT2D eigenvalue weighted by Crippen LogP contribution is 2.18. The lowest BCUT2D eigenvalue weighted by Gasteiger charge is -2.37. The van der Waals surface area contributed by atoms with Crippen LogP contribution in [0.15, 0.2) is 18.2 Å². The van der Waals surface area contributed by atoms with Crippen molar-refractivity contribution in [3.63, 3.8) is 0 Å². The van der Waals surface area contributed by atoms with Crippen LogP contribution in [-0.4, -0.2) is 36.1 Å². The molecule has 1 aliphatic rings. The van der Waals surface area contributed by atoms with E-state index in [1.54, 1.807) is 0 Å². The van der Waals surface area contributed by atoms with Gasteiger partial charge in [0.15, 0.2) is 0 Å². The third kappa shape index (κ3) is 3.47. The minimum Gasteiger partial charge on any atom is -0.374 e. The lowest BCUT2D eigenvalue weighted by Crippen LogP contribution is -2.48. The van der Waals surface area contributed by atoms with Gasteiger partial charge in [0.25, 0.3) is 0 Å². The van der Waals surface area contributed by atoms with Crippen LogP contribution in [0.25, 0.3) is 0 Å². The van der Waals surface area contributed by atoms with Crippen molar-refractivity contribution in [2.45, 2.75) is 39.5 Å². The zero-order chi connectivity index (χ0) is 13.1. The molecule has 0 amide bonds. The van der Waals surface area contributed by atoms with Crippen LogP contribution in [0, 0.1) is 13.8 Å². The Morgan fingerprint density at radius 2 is 1.94 bits per heavy atom. The highest BCUT2D eigenvalue weighted by molar-refractivity contribution is 6.18. The van der Waals surface area contributed by atoms with Crippen molar-refractivity contribution in [2.75, 3.05) is 19.0 Å². The third-order valence-corrected chi connectivity index (χ3v) is 3.82. The Morgan fingerprint density at radius 3 is 2.56 bits per heavy atom. The second-order valence-corrected chi connectivity index (χ2v) is 5.69. The van der Waals surface area contributed by atoms with Crippen LogP contribution >= 0.6 is 11.6 Å². The first-order valence-corrected chi connectivity index (χ1v) is 7.10. The van der Waals surface area contributed by atoms with E-state index in [1.807, 2.05) is 0 Å². The standard InChI is InChI=1S/C15H22ClNO/c1-11-4-12(2)6-14(5-11)8-17-9-15(7-16)18-10-13(17)3/h4-6,13,15H,7-10H2,1-3H3. The minimum absolute atomic E-state index is 0.175. The van der Waals surface area contributed by atoms with Gasteiger partial charge in [-0.3, -0.25) is 4.90 Å². The number of alkyl halides is 1. The Labute approximate surface area is 115 Å². The van der Waals surface area contributed by atoms with Crippen LogP contribution in [-0.2, 0) is 11.3 Å². The molecule has 0 spiro atoms. The SMILES string of the molecule is Cc1cc(C)cc(CN2CC(CCl)OCC2C)c1. The van der Waals surface area contributed by atoms with Crippen LogP contribution in [0.5, 0.6) is 0 Å². The molecule has 3 heteroatoms. The highest BCUT2D eigenvalue weighted by Gasteiger charge is 2.25. The first-order chi connectivity index (χ1) is 8.58. The zero-order valence-electron chi connectivity index (χ0n) is 11.4. The molecule has 2 rings (SSSR count). The van der Waals surface area contributed by atoms with Crippen molar-refractivity contribution in [2.24, 2.45) is 0 Å². The molecule has 1 saturated heterocycles. The molecule has 0 saturated carbocycles. The summed E-state index contributed by atoms with van der Waals surface area (Å²) < 4.78 is 5.68. The largest absolute Gasteiger partial charge is 0.374 e. The molecule has 1 aliphatic heterocycles. The molecular weight excluding hydrogens is 246 g/mol. The quantitative estimate of drug-likeness (QED) is 0.781. The smallest absolute Gasteiger partial charge is 0.0838 e. The van der Waals surface area contributed by atoms with Gasteiger partial charge < -0.3 is 4.74 Å². The number of hydrogen-bond acceptors (Lipinski definition) is 2. The van der Waals surface area contributed by atoms with Crippen LogP contribution in [0.2, 0.25) is 0 Å². The number of benzene rings is 1. The second kappa shape index (κ2) is 6.05. The van der Waals surface area contributed by atoms with E-state index in [0.717, 1.165) is 19.7 Å². The van der Waals surface area contributed by atoms with Gasteiger partial charge in [0.1, 0.15) is 0 Å². The Kier molecular flexibility index (Phi) is 4.66. The van der Waals surface area contributed by atoms with E-state index in [-0.39, 0.29) is 6.10 Å². The Balaban J connectivity index is 2.06. The van der Waals surface area contributed by atoms with E-state index in [2.05, 4.69) is 43.9 Å². The van der Waals surface area contributed by atoms with Crippen LogP contribution in [0.3, 0.4) is 0 Å². The van der Waals surface area contributed by atoms with Crippen LogP contribution in [0.1, 0.15) is 23.6 Å². The van der Waals surface area contributed by atoms with Gasteiger partial charge in [0.2, 0.25) is 0 Å². The average Bonchev–Trinajstić information content (AvgIpc) is 2.30. The van der Waals surface area contributed by atoms with E-state index in [9.17, 15) is 0 Å². The van der Waals surface area contributed by atoms with Crippen molar-refractivity contribution in [1.82, 2.24) is 4.90 Å². The van der Waals surface area contributed by atoms with E-state index >= 15 is 0 Å². The van der Waals surface area contributed by atoms with E-state index in [1.165, 1.54) is 16.7 Å². The summed E-state index contributed by atoms with van der Waals surface area (Å²) >= 11 is 5.90. The molecule has 0 aromatic heterocycles. The van der Waals surface area contributed by atoms with Gasteiger partial charge in [-0.15, -0.1) is 11.6 Å². The molecule has 1 aromatic carbocycles. The molecule has 0 bridgehead atoms. The maximum absolute atomic E-state index is 5.90. The monoisotopic (exact) mass is 267 g/mol. The van der Waals surface area contributed by atoms with Gasteiger partial charge >= 0.3 is 0 Å². The molecule has 100 valence electrons. The van der Waals surface area contributed by atoms with Crippen molar-refractivity contribution < 1.29 is 4.74 Å². The van der Waals surface area contributed by atoms with Gasteiger partial charge in [-0.2, -0.15) is 0 Å². The van der Waals surface area contributed by atoms with Crippen molar-refractivity contribution >= 4 is 11.6 Å². The Bertz CT molecular complexity index is 387.